The zero-order chi connectivity index (χ0) is 27.9. The van der Waals surface area contributed by atoms with Crippen LogP contribution in [0.15, 0.2) is 64.9 Å². The Kier molecular flexibility index (Phi) is 8.88. The average molecular weight is 546 g/mol. The Morgan fingerprint density at radius 3 is 2.18 bits per heavy atom. The smallest absolute Gasteiger partial charge is 0.250 e. The van der Waals surface area contributed by atoms with Gasteiger partial charge in [0.15, 0.2) is 22.5 Å². The number of rotatable bonds is 10. The Labute approximate surface area is 232 Å². The second kappa shape index (κ2) is 12.5. The summed E-state index contributed by atoms with van der Waals surface area (Å²) in [5, 5.41) is 13.6. The van der Waals surface area contributed by atoms with Crippen molar-refractivity contribution in [1.82, 2.24) is 20.2 Å². The van der Waals surface area contributed by atoms with Gasteiger partial charge in [-0.05, 0) is 56.2 Å². The molecule has 0 aliphatic carbocycles. The molecule has 4 aromatic rings. The number of para-hydroxylation sites is 1. The summed E-state index contributed by atoms with van der Waals surface area (Å²) in [4.78, 5) is 12.6. The van der Waals surface area contributed by atoms with Gasteiger partial charge in [-0.15, -0.1) is 10.2 Å². The molecule has 202 valence electrons. The Balaban J connectivity index is 1.59. The third-order valence-electron chi connectivity index (χ3n) is 6.02. The lowest BCUT2D eigenvalue weighted by Gasteiger charge is -2.15. The van der Waals surface area contributed by atoms with E-state index in [1.807, 2.05) is 60.9 Å². The second-order valence-electron chi connectivity index (χ2n) is 8.79. The topological polar surface area (TPSA) is 99.9 Å². The number of hydrazone groups is 1. The van der Waals surface area contributed by atoms with Crippen LogP contribution in [0.25, 0.3) is 17.1 Å². The van der Waals surface area contributed by atoms with E-state index in [0.29, 0.717) is 33.8 Å². The van der Waals surface area contributed by atoms with E-state index in [1.165, 1.54) is 17.3 Å². The SMILES string of the molecule is COc1cc(-c2nnc(SCC(=O)NN=Cc3c(C)cc(C)cc3C)n2-c2ccccc2)cc(OC)c1OC. The molecule has 1 amide bonds. The third kappa shape index (κ3) is 6.23. The first kappa shape index (κ1) is 27.7. The van der Waals surface area contributed by atoms with Gasteiger partial charge in [-0.25, -0.2) is 5.43 Å². The number of ether oxygens (including phenoxy) is 3. The summed E-state index contributed by atoms with van der Waals surface area (Å²) in [6.07, 6.45) is 1.68. The summed E-state index contributed by atoms with van der Waals surface area (Å²) in [5.41, 5.74) is 8.57. The third-order valence-corrected chi connectivity index (χ3v) is 6.95. The Bertz CT molecular complexity index is 1450. The van der Waals surface area contributed by atoms with E-state index >= 15 is 0 Å². The highest BCUT2D eigenvalue weighted by Crippen LogP contribution is 2.41. The molecule has 39 heavy (non-hydrogen) atoms. The summed E-state index contributed by atoms with van der Waals surface area (Å²) in [7, 11) is 4.68. The summed E-state index contributed by atoms with van der Waals surface area (Å²) >= 11 is 1.26. The molecule has 0 fully saturated rings. The minimum atomic E-state index is -0.254. The summed E-state index contributed by atoms with van der Waals surface area (Å²) in [6.45, 7) is 6.11. The van der Waals surface area contributed by atoms with E-state index in [4.69, 9.17) is 14.2 Å². The summed E-state index contributed by atoms with van der Waals surface area (Å²) in [6, 6.07) is 17.5. The zero-order valence-electron chi connectivity index (χ0n) is 22.8. The van der Waals surface area contributed by atoms with E-state index in [2.05, 4.69) is 39.8 Å². The summed E-state index contributed by atoms with van der Waals surface area (Å²) in [5.74, 6) is 1.89. The molecular weight excluding hydrogens is 514 g/mol. The van der Waals surface area contributed by atoms with Crippen molar-refractivity contribution in [2.24, 2.45) is 5.10 Å². The minimum absolute atomic E-state index is 0.101. The maximum atomic E-state index is 12.6. The van der Waals surface area contributed by atoms with Gasteiger partial charge in [0.25, 0.3) is 5.91 Å². The standard InChI is InChI=1S/C29H31N5O4S/c1-18-12-19(2)23(20(3)13-18)16-30-31-26(35)17-39-29-33-32-28(34(29)22-10-8-7-9-11-22)21-14-24(36-4)27(38-6)25(15-21)37-5/h7-16H,17H2,1-6H3,(H,31,35). The molecule has 0 aliphatic heterocycles. The van der Waals surface area contributed by atoms with Crippen LogP contribution in [0.1, 0.15) is 22.3 Å². The Morgan fingerprint density at radius 1 is 0.949 bits per heavy atom. The van der Waals surface area contributed by atoms with Crippen molar-refractivity contribution in [3.8, 4) is 34.3 Å². The zero-order valence-corrected chi connectivity index (χ0v) is 23.6. The molecule has 0 atom stereocenters. The van der Waals surface area contributed by atoms with Crippen molar-refractivity contribution >= 4 is 23.9 Å². The Morgan fingerprint density at radius 2 is 1.59 bits per heavy atom. The Hall–Kier alpha value is -4.31. The lowest BCUT2D eigenvalue weighted by Crippen LogP contribution is -2.20. The summed E-state index contributed by atoms with van der Waals surface area (Å²) < 4.78 is 18.4. The highest BCUT2D eigenvalue weighted by molar-refractivity contribution is 7.99. The first-order valence-electron chi connectivity index (χ1n) is 12.2. The fourth-order valence-electron chi connectivity index (χ4n) is 4.30. The minimum Gasteiger partial charge on any atom is -0.493 e. The van der Waals surface area contributed by atoms with Crippen LogP contribution in [0, 0.1) is 20.8 Å². The number of nitrogens with one attached hydrogen (secondary N) is 1. The molecular formula is C29H31N5O4S. The molecule has 0 aliphatic rings. The van der Waals surface area contributed by atoms with Gasteiger partial charge in [0, 0.05) is 16.8 Å². The van der Waals surface area contributed by atoms with Crippen LogP contribution in [0.2, 0.25) is 0 Å². The average Bonchev–Trinajstić information content (AvgIpc) is 3.36. The molecule has 0 unspecified atom stereocenters. The van der Waals surface area contributed by atoms with Crippen LogP contribution < -0.4 is 19.6 Å². The second-order valence-corrected chi connectivity index (χ2v) is 9.73. The van der Waals surface area contributed by atoms with Crippen LogP contribution in [0.3, 0.4) is 0 Å². The normalized spacial score (nSPS) is 11.0. The number of benzene rings is 3. The van der Waals surface area contributed by atoms with E-state index < -0.39 is 0 Å². The monoisotopic (exact) mass is 545 g/mol. The number of hydrogen-bond donors (Lipinski definition) is 1. The number of carbonyl (C=O) groups is 1. The molecule has 0 saturated carbocycles. The molecule has 1 N–H and O–H groups in total. The van der Waals surface area contributed by atoms with E-state index in [9.17, 15) is 4.79 Å². The van der Waals surface area contributed by atoms with Crippen LogP contribution in [-0.2, 0) is 4.79 Å². The molecule has 0 spiro atoms. The van der Waals surface area contributed by atoms with Crippen molar-refractivity contribution in [1.29, 1.82) is 0 Å². The quantitative estimate of drug-likeness (QED) is 0.168. The molecule has 3 aromatic carbocycles. The van der Waals surface area contributed by atoms with Crippen molar-refractivity contribution < 1.29 is 19.0 Å². The number of amides is 1. The van der Waals surface area contributed by atoms with Crippen molar-refractivity contribution in [3.63, 3.8) is 0 Å². The molecule has 0 saturated heterocycles. The maximum absolute atomic E-state index is 12.6. The van der Waals surface area contributed by atoms with Gasteiger partial charge in [0.2, 0.25) is 5.75 Å². The number of hydrogen-bond acceptors (Lipinski definition) is 8. The number of thioether (sulfide) groups is 1. The predicted octanol–water partition coefficient (Wildman–Crippen LogP) is 5.13. The number of nitrogens with zero attached hydrogens (tertiary/aromatic N) is 4. The van der Waals surface area contributed by atoms with Crippen LogP contribution >= 0.6 is 11.8 Å². The molecule has 0 bridgehead atoms. The fraction of sp³-hybridized carbons (Fsp3) is 0.241. The largest absolute Gasteiger partial charge is 0.493 e. The molecule has 1 aromatic heterocycles. The van der Waals surface area contributed by atoms with Crippen LogP contribution in [0.4, 0.5) is 0 Å². The van der Waals surface area contributed by atoms with E-state index in [-0.39, 0.29) is 11.7 Å². The van der Waals surface area contributed by atoms with Gasteiger partial charge < -0.3 is 14.2 Å². The van der Waals surface area contributed by atoms with Gasteiger partial charge in [0.1, 0.15) is 0 Å². The van der Waals surface area contributed by atoms with Crippen molar-refractivity contribution in [3.05, 3.63) is 76.9 Å². The number of aromatic nitrogens is 3. The molecule has 1 heterocycles. The lowest BCUT2D eigenvalue weighted by atomic mass is 10.0. The fourth-order valence-corrected chi connectivity index (χ4v) is 5.04. The maximum Gasteiger partial charge on any atom is 0.250 e. The number of carbonyl (C=O) groups excluding carboxylic acids is 1. The first-order valence-corrected chi connectivity index (χ1v) is 13.2. The van der Waals surface area contributed by atoms with Gasteiger partial charge in [0.05, 0.1) is 33.3 Å². The van der Waals surface area contributed by atoms with Crippen molar-refractivity contribution in [2.75, 3.05) is 27.1 Å². The predicted molar refractivity (Wildman–Crippen MR) is 154 cm³/mol. The van der Waals surface area contributed by atoms with Gasteiger partial charge >= 0.3 is 0 Å². The van der Waals surface area contributed by atoms with Gasteiger partial charge in [-0.1, -0.05) is 47.7 Å². The molecule has 0 radical (unpaired) electrons. The number of methoxy groups -OCH3 is 3. The number of aryl methyl sites for hydroxylation is 3. The van der Waals surface area contributed by atoms with Gasteiger partial charge in [-0.2, -0.15) is 5.10 Å². The molecule has 9 nitrogen and oxygen atoms in total. The van der Waals surface area contributed by atoms with Gasteiger partial charge in [-0.3, -0.25) is 9.36 Å². The highest BCUT2D eigenvalue weighted by Gasteiger charge is 2.21. The highest BCUT2D eigenvalue weighted by atomic mass is 32.2. The van der Waals surface area contributed by atoms with Crippen molar-refractivity contribution in [2.45, 2.75) is 25.9 Å². The van der Waals surface area contributed by atoms with Crippen LogP contribution in [-0.4, -0.2) is 54.0 Å². The van der Waals surface area contributed by atoms with E-state index in [1.54, 1.807) is 27.5 Å². The van der Waals surface area contributed by atoms with E-state index in [0.717, 1.165) is 22.4 Å². The molecule has 4 rings (SSSR count). The first-order chi connectivity index (χ1) is 18.9. The van der Waals surface area contributed by atoms with Crippen LogP contribution in [0.5, 0.6) is 17.2 Å². The molecule has 10 heteroatoms. The lowest BCUT2D eigenvalue weighted by molar-refractivity contribution is -0.118.